The number of aromatic hydroxyl groups is 1. The Kier molecular flexibility index (Phi) is 2.21. The summed E-state index contributed by atoms with van der Waals surface area (Å²) >= 11 is 0. The van der Waals surface area contributed by atoms with Crippen molar-refractivity contribution in [2.24, 2.45) is 5.92 Å². The maximum absolute atomic E-state index is 9.57. The van der Waals surface area contributed by atoms with Crippen molar-refractivity contribution in [1.29, 1.82) is 0 Å². The first-order chi connectivity index (χ1) is 7.76. The van der Waals surface area contributed by atoms with Gasteiger partial charge in [0.05, 0.1) is 0 Å². The van der Waals surface area contributed by atoms with Gasteiger partial charge in [0.25, 0.3) is 0 Å². The van der Waals surface area contributed by atoms with Crippen LogP contribution >= 0.6 is 0 Å². The predicted molar refractivity (Wildman–Crippen MR) is 64.5 cm³/mol. The van der Waals surface area contributed by atoms with Crippen LogP contribution in [0.2, 0.25) is 0 Å². The lowest BCUT2D eigenvalue weighted by molar-refractivity contribution is 0.171. The van der Waals surface area contributed by atoms with Crippen LogP contribution in [0.3, 0.4) is 0 Å². The Morgan fingerprint density at radius 2 is 2.25 bits per heavy atom. The standard InChI is InChI=1S/C14H19NO/c1-15-14-7-3-2-4-11(14)8-10-9-12(16)5-6-13(10)14/h5-6,9,11,15-16H,2-4,7-8H2,1H3/t11-,14+/m0/s1. The molecule has 2 atom stereocenters. The predicted octanol–water partition coefficient (Wildman–Crippen LogP) is 2.55. The Labute approximate surface area is 96.7 Å². The molecular formula is C14H19NO. The first-order valence-electron chi connectivity index (χ1n) is 6.27. The zero-order valence-electron chi connectivity index (χ0n) is 9.79. The average Bonchev–Trinajstić information content (AvgIpc) is 2.62. The second-order valence-corrected chi connectivity index (χ2v) is 5.21. The van der Waals surface area contributed by atoms with Crippen LogP contribution in [-0.2, 0) is 12.0 Å². The normalized spacial score (nSPS) is 32.2. The van der Waals surface area contributed by atoms with E-state index in [0.717, 1.165) is 12.3 Å². The Morgan fingerprint density at radius 1 is 1.38 bits per heavy atom. The molecule has 0 radical (unpaired) electrons. The molecule has 0 bridgehead atoms. The van der Waals surface area contributed by atoms with Gasteiger partial charge in [-0.2, -0.15) is 0 Å². The van der Waals surface area contributed by atoms with E-state index in [9.17, 15) is 5.11 Å². The van der Waals surface area contributed by atoms with Gasteiger partial charge in [0.1, 0.15) is 5.75 Å². The third kappa shape index (κ3) is 1.23. The first kappa shape index (κ1) is 10.2. The van der Waals surface area contributed by atoms with Crippen LogP contribution in [0.15, 0.2) is 18.2 Å². The minimum atomic E-state index is 0.196. The SMILES string of the molecule is CN[C@]12CCCC[C@H]1Cc1cc(O)ccc12. The third-order valence-corrected chi connectivity index (χ3v) is 4.55. The van der Waals surface area contributed by atoms with Gasteiger partial charge in [0.15, 0.2) is 0 Å². The van der Waals surface area contributed by atoms with Gasteiger partial charge in [0.2, 0.25) is 0 Å². The van der Waals surface area contributed by atoms with Crippen LogP contribution in [0.4, 0.5) is 0 Å². The van der Waals surface area contributed by atoms with Crippen molar-refractivity contribution in [3.05, 3.63) is 29.3 Å². The fourth-order valence-electron chi connectivity index (χ4n) is 3.79. The molecule has 3 rings (SSSR count). The van der Waals surface area contributed by atoms with Crippen LogP contribution in [-0.4, -0.2) is 12.2 Å². The molecule has 2 heteroatoms. The molecule has 2 aliphatic carbocycles. The van der Waals surface area contributed by atoms with Gasteiger partial charge in [-0.05, 0) is 55.5 Å². The molecule has 1 aromatic rings. The van der Waals surface area contributed by atoms with Crippen LogP contribution in [0.25, 0.3) is 0 Å². The molecule has 1 fully saturated rings. The molecule has 1 saturated carbocycles. The lowest BCUT2D eigenvalue weighted by Gasteiger charge is -2.40. The fraction of sp³-hybridized carbons (Fsp3) is 0.571. The zero-order chi connectivity index (χ0) is 11.2. The van der Waals surface area contributed by atoms with E-state index in [1.54, 1.807) is 0 Å². The molecule has 0 heterocycles. The first-order valence-corrected chi connectivity index (χ1v) is 6.27. The van der Waals surface area contributed by atoms with Crippen LogP contribution < -0.4 is 5.32 Å². The summed E-state index contributed by atoms with van der Waals surface area (Å²) in [6, 6.07) is 5.90. The van der Waals surface area contributed by atoms with Gasteiger partial charge in [-0.1, -0.05) is 18.9 Å². The lowest BCUT2D eigenvalue weighted by Crippen LogP contribution is -2.45. The zero-order valence-corrected chi connectivity index (χ0v) is 9.79. The lowest BCUT2D eigenvalue weighted by atomic mass is 9.73. The van der Waals surface area contributed by atoms with E-state index in [1.807, 2.05) is 12.1 Å². The van der Waals surface area contributed by atoms with Crippen molar-refractivity contribution < 1.29 is 5.11 Å². The van der Waals surface area contributed by atoms with E-state index >= 15 is 0 Å². The maximum Gasteiger partial charge on any atom is 0.115 e. The number of nitrogens with one attached hydrogen (secondary N) is 1. The number of benzene rings is 1. The quantitative estimate of drug-likeness (QED) is 0.757. The summed E-state index contributed by atoms with van der Waals surface area (Å²) in [7, 11) is 2.08. The molecule has 0 amide bonds. The largest absolute Gasteiger partial charge is 0.508 e. The summed E-state index contributed by atoms with van der Waals surface area (Å²) in [5.41, 5.74) is 2.97. The summed E-state index contributed by atoms with van der Waals surface area (Å²) in [5, 5.41) is 13.1. The van der Waals surface area contributed by atoms with Crippen LogP contribution in [0.5, 0.6) is 5.75 Å². The van der Waals surface area contributed by atoms with Crippen molar-refractivity contribution in [3.63, 3.8) is 0 Å². The highest BCUT2D eigenvalue weighted by atomic mass is 16.3. The van der Waals surface area contributed by atoms with Gasteiger partial charge < -0.3 is 10.4 Å². The van der Waals surface area contributed by atoms with Crippen molar-refractivity contribution in [3.8, 4) is 5.75 Å². The molecule has 0 unspecified atom stereocenters. The number of fused-ring (bicyclic) bond motifs is 3. The van der Waals surface area contributed by atoms with Gasteiger partial charge in [-0.15, -0.1) is 0 Å². The number of phenolic OH excluding ortho intramolecular Hbond substituents is 1. The Balaban J connectivity index is 2.11. The monoisotopic (exact) mass is 217 g/mol. The number of hydrogen-bond donors (Lipinski definition) is 2. The number of hydrogen-bond acceptors (Lipinski definition) is 2. The number of phenols is 1. The van der Waals surface area contributed by atoms with Crippen molar-refractivity contribution >= 4 is 0 Å². The molecule has 2 nitrogen and oxygen atoms in total. The van der Waals surface area contributed by atoms with E-state index in [4.69, 9.17) is 0 Å². The Morgan fingerprint density at radius 3 is 3.06 bits per heavy atom. The Bertz CT molecular complexity index is 415. The minimum Gasteiger partial charge on any atom is -0.508 e. The molecule has 2 aliphatic rings. The maximum atomic E-state index is 9.57. The topological polar surface area (TPSA) is 32.3 Å². The number of rotatable bonds is 1. The molecule has 1 aromatic carbocycles. The molecule has 0 spiro atoms. The summed E-state index contributed by atoms with van der Waals surface area (Å²) < 4.78 is 0. The minimum absolute atomic E-state index is 0.196. The average molecular weight is 217 g/mol. The molecule has 2 N–H and O–H groups in total. The van der Waals surface area contributed by atoms with E-state index in [2.05, 4.69) is 18.4 Å². The Hall–Kier alpha value is -1.02. The smallest absolute Gasteiger partial charge is 0.115 e. The van der Waals surface area contributed by atoms with E-state index in [-0.39, 0.29) is 5.54 Å². The summed E-state index contributed by atoms with van der Waals surface area (Å²) in [5.74, 6) is 1.13. The second kappa shape index (κ2) is 3.49. The van der Waals surface area contributed by atoms with Gasteiger partial charge in [0, 0.05) is 5.54 Å². The van der Waals surface area contributed by atoms with Crippen LogP contribution in [0, 0.1) is 5.92 Å². The second-order valence-electron chi connectivity index (χ2n) is 5.21. The highest BCUT2D eigenvalue weighted by Gasteiger charge is 2.46. The molecule has 86 valence electrons. The van der Waals surface area contributed by atoms with Gasteiger partial charge in [-0.25, -0.2) is 0 Å². The van der Waals surface area contributed by atoms with Gasteiger partial charge in [-0.3, -0.25) is 0 Å². The van der Waals surface area contributed by atoms with Crippen LogP contribution in [0.1, 0.15) is 36.8 Å². The van der Waals surface area contributed by atoms with E-state index in [1.165, 1.54) is 36.8 Å². The van der Waals surface area contributed by atoms with Crippen molar-refractivity contribution in [1.82, 2.24) is 5.32 Å². The molecule has 16 heavy (non-hydrogen) atoms. The van der Waals surface area contributed by atoms with Gasteiger partial charge >= 0.3 is 0 Å². The highest BCUT2D eigenvalue weighted by molar-refractivity contribution is 5.44. The molecular weight excluding hydrogens is 198 g/mol. The summed E-state index contributed by atoms with van der Waals surface area (Å²) in [6.45, 7) is 0. The van der Waals surface area contributed by atoms with E-state index in [0.29, 0.717) is 5.75 Å². The molecule has 0 aromatic heterocycles. The van der Waals surface area contributed by atoms with Crippen molar-refractivity contribution in [2.75, 3.05) is 7.05 Å². The highest BCUT2D eigenvalue weighted by Crippen LogP contribution is 2.50. The molecule has 0 saturated heterocycles. The summed E-state index contributed by atoms with van der Waals surface area (Å²) in [6.07, 6.45) is 6.36. The van der Waals surface area contributed by atoms with Crippen molar-refractivity contribution in [2.45, 2.75) is 37.6 Å². The summed E-state index contributed by atoms with van der Waals surface area (Å²) in [4.78, 5) is 0. The fourth-order valence-corrected chi connectivity index (χ4v) is 3.79. The third-order valence-electron chi connectivity index (χ3n) is 4.55. The van der Waals surface area contributed by atoms with E-state index < -0.39 is 0 Å². The molecule has 0 aliphatic heterocycles.